The summed E-state index contributed by atoms with van der Waals surface area (Å²) in [5, 5.41) is 0. The van der Waals surface area contributed by atoms with Crippen molar-refractivity contribution in [2.45, 2.75) is 13.8 Å². The van der Waals surface area contributed by atoms with E-state index >= 15 is 0 Å². The molecule has 0 atom stereocenters. The Hall–Kier alpha value is -15.1. The molecular weight excluding hydrogens is 935 g/mol. The van der Waals surface area contributed by atoms with Crippen LogP contribution in [0.1, 0.15) is 13.8 Å². The fourth-order valence-corrected chi connectivity index (χ4v) is 2.19. The molecule has 1 nitrogen and oxygen atoms in total. The van der Waals surface area contributed by atoms with Crippen molar-refractivity contribution >= 4 is 11.8 Å². The zero-order chi connectivity index (χ0) is 54.9. The Morgan fingerprint density at radius 2 is 0.211 bits per heavy atom. The first-order chi connectivity index (χ1) is 37.8. The van der Waals surface area contributed by atoms with E-state index in [1.807, 2.05) is 6.26 Å². The van der Waals surface area contributed by atoms with Gasteiger partial charge in [0.25, 0.3) is 0 Å². The van der Waals surface area contributed by atoms with E-state index in [9.17, 15) is 0 Å². The van der Waals surface area contributed by atoms with Gasteiger partial charge in [-0.15, -0.1) is 0 Å². The highest BCUT2D eigenvalue weighted by Crippen LogP contribution is 1.77. The normalized spacial score (nSPS) is 4.16. The van der Waals surface area contributed by atoms with Crippen LogP contribution in [-0.2, 0) is 0 Å². The molecule has 2 N–H and O–H groups in total. The molecule has 2 heteroatoms. The maximum absolute atomic E-state index is 4.99. The molecule has 0 aromatic rings. The van der Waals surface area contributed by atoms with E-state index in [4.69, 9.17) is 5.73 Å². The summed E-state index contributed by atoms with van der Waals surface area (Å²) < 4.78 is 0. The van der Waals surface area contributed by atoms with Gasteiger partial charge in [-0.3, -0.25) is 0 Å². The van der Waals surface area contributed by atoms with Crippen LogP contribution in [0.15, 0.2) is 0 Å². The predicted octanol–water partition coefficient (Wildman–Crippen LogP) is 1.41. The topological polar surface area (TPSA) is 26.0 Å². The Bertz CT molecular complexity index is 4470. The van der Waals surface area contributed by atoms with Gasteiger partial charge < -0.3 is 5.73 Å². The molecule has 0 rings (SSSR count). The second-order valence-electron chi connectivity index (χ2n) is 9.46. The van der Waals surface area contributed by atoms with E-state index in [2.05, 4.69) is 414 Å². The van der Waals surface area contributed by atoms with Crippen LogP contribution in [0.5, 0.6) is 0 Å². The second-order valence-corrected chi connectivity index (χ2v) is 10.4. The quantitative estimate of drug-likeness (QED) is 0.319. The van der Waals surface area contributed by atoms with Gasteiger partial charge in [-0.25, -0.2) is 0 Å². The third kappa shape index (κ3) is 65.5. The van der Waals surface area contributed by atoms with Crippen LogP contribution in [0.4, 0.5) is 0 Å². The summed E-state index contributed by atoms with van der Waals surface area (Å²) in [7, 11) is 0. The maximum Gasteiger partial charge on any atom is 0.0389 e. The Morgan fingerprint density at radius 1 is 0.158 bits per heavy atom. The predicted molar refractivity (Wildman–Crippen MR) is 306 cm³/mol. The number of hydrogen-bond donors (Lipinski definition) is 1. The highest BCUT2D eigenvalue weighted by molar-refractivity contribution is 7.98. The van der Waals surface area contributed by atoms with Crippen molar-refractivity contribution in [2.75, 3.05) is 12.1 Å². The molecule has 0 aromatic carbocycles. The smallest absolute Gasteiger partial charge is 0.0389 e. The third-order valence-electron chi connectivity index (χ3n) is 4.60. The summed E-state index contributed by atoms with van der Waals surface area (Å²) in [5.41, 5.74) is 4.99. The van der Waals surface area contributed by atoms with Crippen LogP contribution in [0, 0.1) is 414 Å². The molecule has 0 unspecified atom stereocenters. The number of rotatable bonds is 1. The second kappa shape index (κ2) is 64.2. The molecular formula is C74H13NS. The van der Waals surface area contributed by atoms with Crippen LogP contribution in [0.25, 0.3) is 0 Å². The Balaban J connectivity index is 0. The molecule has 0 bridgehead atoms. The average Bonchev–Trinajstić information content (AvgIpc) is 3.43. The van der Waals surface area contributed by atoms with E-state index in [0.29, 0.717) is 0 Å². The molecule has 0 aliphatic rings. The molecule has 0 aromatic heterocycles. The Labute approximate surface area is 455 Å². The minimum Gasteiger partial charge on any atom is -0.322 e. The lowest BCUT2D eigenvalue weighted by atomic mass is 10.4. The summed E-state index contributed by atoms with van der Waals surface area (Å²) in [6.07, 6.45) is 1.97. The standard InChI is InChI=1S/C72H6.C2H7NS/c1-3-5-7-9-11-13-15-17-19-21-23-25-27-29-31-33-35-37-39-41-43-45-47-49-51-53-55-57-59-61-63-65-67-69-71-72-70-68-66-64-62-60-58-56-54-52-50-48-46-44-42-40-38-36-34-32-30-28-26-24-22-20-18-16-14-12-10-8-6-4-2;1-4-2-3/h1-2H3;2-3H2,1H3. The minimum atomic E-state index is 0.736. The van der Waals surface area contributed by atoms with Gasteiger partial charge in [-0.1, -0.05) is 11.8 Å². The average molecular weight is 948 g/mol. The molecule has 0 aliphatic heterocycles. The molecule has 0 amide bonds. The first-order valence-electron chi connectivity index (χ1n) is 19.4. The Kier molecular flexibility index (Phi) is 53.2. The molecule has 76 heavy (non-hydrogen) atoms. The number of hydrogen-bond acceptors (Lipinski definition) is 2. The number of nitrogens with two attached hydrogens (primary N) is 1. The van der Waals surface area contributed by atoms with Gasteiger partial charge in [0.2, 0.25) is 0 Å². The molecule has 0 saturated heterocycles. The lowest BCUT2D eigenvalue weighted by molar-refractivity contribution is 1.40. The summed E-state index contributed by atoms with van der Waals surface area (Å²) in [5.74, 6) is 176. The van der Waals surface area contributed by atoms with Crippen molar-refractivity contribution in [1.29, 1.82) is 0 Å². The lowest BCUT2D eigenvalue weighted by Crippen LogP contribution is -1.88. The van der Waals surface area contributed by atoms with Gasteiger partial charge in [0.05, 0.1) is 0 Å². The first-order valence-corrected chi connectivity index (χ1v) is 20.7. The largest absolute Gasteiger partial charge is 0.322 e. The van der Waals surface area contributed by atoms with E-state index in [-0.39, 0.29) is 0 Å². The molecule has 0 fully saturated rings. The summed E-state index contributed by atoms with van der Waals surface area (Å²) >= 11 is 1.63. The molecule has 0 spiro atoms. The first kappa shape index (κ1) is 63.0. The fraction of sp³-hybridized carbons (Fsp3) is 0.0541. The molecule has 0 saturated carbocycles. The fourth-order valence-electron chi connectivity index (χ4n) is 2.19. The summed E-state index contributed by atoms with van der Waals surface area (Å²) in [6.45, 7) is 3.37. The minimum absolute atomic E-state index is 0.736. The van der Waals surface area contributed by atoms with Crippen molar-refractivity contribution in [2.24, 2.45) is 5.73 Å². The lowest BCUT2D eigenvalue weighted by Gasteiger charge is -1.71. The highest BCUT2D eigenvalue weighted by Gasteiger charge is 1.64. The van der Waals surface area contributed by atoms with Crippen LogP contribution >= 0.6 is 11.8 Å². The highest BCUT2D eigenvalue weighted by atomic mass is 32.2. The summed E-state index contributed by atoms with van der Waals surface area (Å²) in [4.78, 5) is 0. The number of thioether (sulfide) groups is 1. The molecule has 0 radical (unpaired) electrons. The van der Waals surface area contributed by atoms with E-state index < -0.39 is 0 Å². The molecule has 0 heterocycles. The van der Waals surface area contributed by atoms with Crippen LogP contribution < -0.4 is 5.73 Å². The monoisotopic (exact) mass is 947 g/mol. The van der Waals surface area contributed by atoms with Crippen LogP contribution in [-0.4, -0.2) is 12.1 Å². The van der Waals surface area contributed by atoms with Crippen molar-refractivity contribution in [3.05, 3.63) is 0 Å². The van der Waals surface area contributed by atoms with Crippen molar-refractivity contribution < 1.29 is 0 Å². The van der Waals surface area contributed by atoms with E-state index in [1.54, 1.807) is 25.6 Å². The van der Waals surface area contributed by atoms with Gasteiger partial charge in [-0.2, -0.15) is 11.8 Å². The third-order valence-corrected chi connectivity index (χ3v) is 4.94. The SMILES string of the molecule is CC#CC#CC#CC#CC#CC#CC#CC#CC#CC#CC#CC#CC#CC#CC#CC#CC#CC#CC#CC#CC#CC#CC#CC#CC#CC#CC#CC#CC#CC#CC#CC#CC#CC#CC#CC.CSCN. The van der Waals surface area contributed by atoms with E-state index in [1.165, 1.54) is 0 Å². The summed E-state index contributed by atoms with van der Waals surface area (Å²) in [6, 6.07) is 0. The molecule has 0 aliphatic carbocycles. The van der Waals surface area contributed by atoms with Gasteiger partial charge >= 0.3 is 0 Å². The van der Waals surface area contributed by atoms with Gasteiger partial charge in [-0.05, 0) is 115 Å². The Morgan fingerprint density at radius 3 is 0.250 bits per heavy atom. The zero-order valence-corrected chi connectivity index (χ0v) is 40.5. The van der Waals surface area contributed by atoms with Gasteiger partial charge in [0.15, 0.2) is 0 Å². The van der Waals surface area contributed by atoms with Crippen LogP contribution in [0.2, 0.25) is 0 Å². The van der Waals surface area contributed by atoms with Crippen molar-refractivity contribution in [3.63, 3.8) is 0 Å². The van der Waals surface area contributed by atoms with Crippen molar-refractivity contribution in [1.82, 2.24) is 0 Å². The van der Waals surface area contributed by atoms with Gasteiger partial charge in [0.1, 0.15) is 0 Å². The van der Waals surface area contributed by atoms with Gasteiger partial charge in [0, 0.05) is 314 Å². The van der Waals surface area contributed by atoms with Crippen molar-refractivity contribution in [3.8, 4) is 414 Å². The van der Waals surface area contributed by atoms with E-state index in [0.717, 1.165) is 5.88 Å². The van der Waals surface area contributed by atoms with Crippen LogP contribution in [0.3, 0.4) is 0 Å². The maximum atomic E-state index is 4.99. The molecule has 320 valence electrons. The zero-order valence-electron chi connectivity index (χ0n) is 39.7.